The Hall–Kier alpha value is -2.16. The van der Waals surface area contributed by atoms with Gasteiger partial charge in [-0.1, -0.05) is 12.1 Å². The van der Waals surface area contributed by atoms with Gasteiger partial charge in [-0.15, -0.1) is 0 Å². The molecule has 0 fully saturated rings. The molecule has 3 aromatic heterocycles. The molecule has 0 amide bonds. The first kappa shape index (κ1) is 9.09. The van der Waals surface area contributed by atoms with Crippen LogP contribution in [0.4, 0.5) is 0 Å². The Labute approximate surface area is 93.4 Å². The van der Waals surface area contributed by atoms with Gasteiger partial charge in [-0.25, -0.2) is 4.52 Å². The van der Waals surface area contributed by atoms with Crippen LogP contribution in [-0.2, 0) is 0 Å². The average Bonchev–Trinajstić information content (AvgIpc) is 2.72. The molecule has 3 heterocycles. The second-order valence-corrected chi connectivity index (χ2v) is 3.76. The fraction of sp³-hybridized carbons (Fsp3) is 0.0769. The average molecular weight is 209 g/mol. The Morgan fingerprint density at radius 3 is 2.75 bits per heavy atom. The van der Waals surface area contributed by atoms with Gasteiger partial charge in [0.2, 0.25) is 0 Å². The molecule has 3 rings (SSSR count). The summed E-state index contributed by atoms with van der Waals surface area (Å²) in [6.45, 7) is 1.99. The molecule has 0 bridgehead atoms. The molecule has 16 heavy (non-hydrogen) atoms. The normalized spacial score (nSPS) is 10.8. The Morgan fingerprint density at radius 2 is 1.94 bits per heavy atom. The molecule has 0 spiro atoms. The SMILES string of the molecule is Cc1cccc(-c2cc3ccccn3n2)n1. The van der Waals surface area contributed by atoms with E-state index in [0.717, 1.165) is 22.6 Å². The molecule has 0 N–H and O–H groups in total. The maximum atomic E-state index is 4.48. The molecular formula is C13H11N3. The Morgan fingerprint density at radius 1 is 1.00 bits per heavy atom. The van der Waals surface area contributed by atoms with Crippen LogP contribution in [0.2, 0.25) is 0 Å². The van der Waals surface area contributed by atoms with E-state index in [1.807, 2.05) is 60.1 Å². The third kappa shape index (κ3) is 1.46. The molecular weight excluding hydrogens is 198 g/mol. The smallest absolute Gasteiger partial charge is 0.112 e. The molecule has 3 aromatic rings. The van der Waals surface area contributed by atoms with Crippen molar-refractivity contribution >= 4 is 5.52 Å². The molecule has 0 saturated carbocycles. The molecule has 0 unspecified atom stereocenters. The van der Waals surface area contributed by atoms with E-state index in [9.17, 15) is 0 Å². The van der Waals surface area contributed by atoms with E-state index >= 15 is 0 Å². The standard InChI is InChI=1S/C13H11N3/c1-10-5-4-7-12(14-10)13-9-11-6-2-3-8-16(11)15-13/h2-9H,1H3. The highest BCUT2D eigenvalue weighted by atomic mass is 15.2. The molecule has 0 atom stereocenters. The van der Waals surface area contributed by atoms with E-state index in [0.29, 0.717) is 0 Å². The Balaban J connectivity index is 2.19. The third-order valence-corrected chi connectivity index (χ3v) is 2.52. The van der Waals surface area contributed by atoms with Gasteiger partial charge in [0, 0.05) is 11.9 Å². The summed E-state index contributed by atoms with van der Waals surface area (Å²) in [6, 6.07) is 14.0. The maximum absolute atomic E-state index is 4.48. The minimum atomic E-state index is 0.912. The van der Waals surface area contributed by atoms with E-state index < -0.39 is 0 Å². The van der Waals surface area contributed by atoms with Crippen LogP contribution in [-0.4, -0.2) is 14.6 Å². The summed E-state index contributed by atoms with van der Waals surface area (Å²) < 4.78 is 1.86. The fourth-order valence-corrected chi connectivity index (χ4v) is 1.75. The van der Waals surface area contributed by atoms with E-state index in [1.165, 1.54) is 0 Å². The lowest BCUT2D eigenvalue weighted by molar-refractivity contribution is 0.961. The summed E-state index contributed by atoms with van der Waals surface area (Å²) >= 11 is 0. The largest absolute Gasteiger partial charge is 0.251 e. The van der Waals surface area contributed by atoms with E-state index in [1.54, 1.807) is 0 Å². The van der Waals surface area contributed by atoms with Gasteiger partial charge in [0.05, 0.1) is 11.2 Å². The molecule has 78 valence electrons. The molecule has 0 aliphatic heterocycles. The van der Waals surface area contributed by atoms with Crippen molar-refractivity contribution in [3.8, 4) is 11.4 Å². The molecule has 0 aromatic carbocycles. The summed E-state index contributed by atoms with van der Waals surface area (Å²) in [5.74, 6) is 0. The van der Waals surface area contributed by atoms with Gasteiger partial charge in [0.1, 0.15) is 5.69 Å². The summed E-state index contributed by atoms with van der Waals surface area (Å²) in [5, 5.41) is 4.48. The maximum Gasteiger partial charge on any atom is 0.112 e. The Kier molecular flexibility index (Phi) is 1.96. The third-order valence-electron chi connectivity index (χ3n) is 2.52. The molecule has 0 radical (unpaired) electrons. The minimum Gasteiger partial charge on any atom is -0.251 e. The summed E-state index contributed by atoms with van der Waals surface area (Å²) in [7, 11) is 0. The number of aromatic nitrogens is 3. The lowest BCUT2D eigenvalue weighted by Gasteiger charge is -1.96. The van der Waals surface area contributed by atoms with Crippen LogP contribution in [0.5, 0.6) is 0 Å². The van der Waals surface area contributed by atoms with Crippen LogP contribution in [0.3, 0.4) is 0 Å². The van der Waals surface area contributed by atoms with Crippen LogP contribution < -0.4 is 0 Å². The van der Waals surface area contributed by atoms with E-state index in [4.69, 9.17) is 0 Å². The molecule has 0 aliphatic rings. The predicted octanol–water partition coefficient (Wildman–Crippen LogP) is 2.70. The van der Waals surface area contributed by atoms with E-state index in [-0.39, 0.29) is 0 Å². The molecule has 0 aliphatic carbocycles. The van der Waals surface area contributed by atoms with Gasteiger partial charge in [0.15, 0.2) is 0 Å². The second kappa shape index (κ2) is 3.45. The van der Waals surface area contributed by atoms with Crippen molar-refractivity contribution in [2.75, 3.05) is 0 Å². The highest BCUT2D eigenvalue weighted by Crippen LogP contribution is 2.17. The lowest BCUT2D eigenvalue weighted by atomic mass is 10.2. The van der Waals surface area contributed by atoms with Crippen LogP contribution >= 0.6 is 0 Å². The van der Waals surface area contributed by atoms with Crippen molar-refractivity contribution in [2.45, 2.75) is 6.92 Å². The number of nitrogens with zero attached hydrogens (tertiary/aromatic N) is 3. The zero-order chi connectivity index (χ0) is 11.0. The number of pyridine rings is 2. The van der Waals surface area contributed by atoms with Crippen molar-refractivity contribution in [3.05, 3.63) is 54.4 Å². The van der Waals surface area contributed by atoms with E-state index in [2.05, 4.69) is 10.1 Å². The van der Waals surface area contributed by atoms with Crippen molar-refractivity contribution in [3.63, 3.8) is 0 Å². The highest BCUT2D eigenvalue weighted by Gasteiger charge is 2.04. The summed E-state index contributed by atoms with van der Waals surface area (Å²) in [6.07, 6.45) is 1.94. The van der Waals surface area contributed by atoms with Gasteiger partial charge in [0.25, 0.3) is 0 Å². The van der Waals surface area contributed by atoms with Crippen LogP contribution in [0.15, 0.2) is 48.7 Å². The molecule has 3 nitrogen and oxygen atoms in total. The van der Waals surface area contributed by atoms with Gasteiger partial charge in [-0.3, -0.25) is 4.98 Å². The highest BCUT2D eigenvalue weighted by molar-refractivity contribution is 5.62. The van der Waals surface area contributed by atoms with Crippen LogP contribution in [0, 0.1) is 6.92 Å². The fourth-order valence-electron chi connectivity index (χ4n) is 1.75. The zero-order valence-electron chi connectivity index (χ0n) is 8.96. The van der Waals surface area contributed by atoms with Crippen molar-refractivity contribution in [2.24, 2.45) is 0 Å². The molecule has 0 saturated heterocycles. The number of fused-ring (bicyclic) bond motifs is 1. The Bertz CT molecular complexity index is 607. The first-order valence-corrected chi connectivity index (χ1v) is 5.21. The monoisotopic (exact) mass is 209 g/mol. The number of hydrogen-bond acceptors (Lipinski definition) is 2. The van der Waals surface area contributed by atoms with Gasteiger partial charge >= 0.3 is 0 Å². The summed E-state index contributed by atoms with van der Waals surface area (Å²) in [5.41, 5.74) is 3.92. The predicted molar refractivity (Wildman–Crippen MR) is 63.2 cm³/mol. The van der Waals surface area contributed by atoms with Crippen LogP contribution in [0.1, 0.15) is 5.69 Å². The number of aryl methyl sites for hydroxylation is 1. The number of rotatable bonds is 1. The van der Waals surface area contributed by atoms with Gasteiger partial charge in [-0.2, -0.15) is 5.10 Å². The summed E-state index contributed by atoms with van der Waals surface area (Å²) in [4.78, 5) is 4.46. The van der Waals surface area contributed by atoms with Crippen molar-refractivity contribution in [1.82, 2.24) is 14.6 Å². The second-order valence-electron chi connectivity index (χ2n) is 3.76. The topological polar surface area (TPSA) is 30.2 Å². The minimum absolute atomic E-state index is 0.912. The van der Waals surface area contributed by atoms with Crippen LogP contribution in [0.25, 0.3) is 16.9 Å². The molecule has 3 heteroatoms. The van der Waals surface area contributed by atoms with Crippen molar-refractivity contribution in [1.29, 1.82) is 0 Å². The number of hydrogen-bond donors (Lipinski definition) is 0. The van der Waals surface area contributed by atoms with Gasteiger partial charge in [-0.05, 0) is 37.3 Å². The zero-order valence-corrected chi connectivity index (χ0v) is 8.96. The lowest BCUT2D eigenvalue weighted by Crippen LogP contribution is -1.88. The first-order chi connectivity index (χ1) is 7.83. The first-order valence-electron chi connectivity index (χ1n) is 5.21. The van der Waals surface area contributed by atoms with Crippen molar-refractivity contribution < 1.29 is 0 Å². The van der Waals surface area contributed by atoms with Gasteiger partial charge < -0.3 is 0 Å². The quantitative estimate of drug-likeness (QED) is 0.616.